The van der Waals surface area contributed by atoms with Gasteiger partial charge in [0.05, 0.1) is 5.54 Å². The van der Waals surface area contributed by atoms with Crippen molar-refractivity contribution in [3.05, 3.63) is 28.2 Å². The van der Waals surface area contributed by atoms with Gasteiger partial charge in [0.25, 0.3) is 0 Å². The third-order valence-electron chi connectivity index (χ3n) is 3.48. The van der Waals surface area contributed by atoms with Crippen LogP contribution in [0.2, 0.25) is 0 Å². The summed E-state index contributed by atoms with van der Waals surface area (Å²) in [7, 11) is 0. The molecule has 3 nitrogen and oxygen atoms in total. The lowest BCUT2D eigenvalue weighted by atomic mass is 9.93. The smallest absolute Gasteiger partial charge is 0.161 e. The molecule has 1 aromatic carbocycles. The molecule has 2 aliphatic heterocycles. The Morgan fingerprint density at radius 2 is 1.90 bits per heavy atom. The molecular formula is C13H13BrF2N2OS. The summed E-state index contributed by atoms with van der Waals surface area (Å²) in [5.41, 5.74) is -0.281. The number of halogens is 3. The number of nitrogens with zero attached hydrogens (tertiary/aromatic N) is 1. The minimum atomic E-state index is -0.631. The van der Waals surface area contributed by atoms with Gasteiger partial charge >= 0.3 is 0 Å². The van der Waals surface area contributed by atoms with Crippen LogP contribution in [0.25, 0.3) is 0 Å². The van der Waals surface area contributed by atoms with E-state index in [4.69, 9.17) is 4.74 Å². The van der Waals surface area contributed by atoms with Gasteiger partial charge in [0.2, 0.25) is 0 Å². The van der Waals surface area contributed by atoms with Gasteiger partial charge in [-0.25, -0.2) is 8.78 Å². The second-order valence-corrected chi connectivity index (χ2v) is 6.79. The minimum Gasteiger partial charge on any atom is -0.381 e. The van der Waals surface area contributed by atoms with Crippen molar-refractivity contribution in [2.75, 3.05) is 24.3 Å². The van der Waals surface area contributed by atoms with Gasteiger partial charge in [-0.2, -0.15) is 0 Å². The van der Waals surface area contributed by atoms with Crippen LogP contribution in [0.3, 0.4) is 0 Å². The van der Waals surface area contributed by atoms with Crippen LogP contribution < -0.4 is 5.32 Å². The van der Waals surface area contributed by atoms with Gasteiger partial charge in [0, 0.05) is 23.4 Å². The summed E-state index contributed by atoms with van der Waals surface area (Å²) in [4.78, 5) is 4.62. The van der Waals surface area contributed by atoms with E-state index in [0.29, 0.717) is 22.9 Å². The summed E-state index contributed by atoms with van der Waals surface area (Å²) >= 11 is 4.56. The van der Waals surface area contributed by atoms with E-state index < -0.39 is 11.6 Å². The highest BCUT2D eigenvalue weighted by Crippen LogP contribution is 2.36. The lowest BCUT2D eigenvalue weighted by Gasteiger charge is -2.29. The number of rotatable bonds is 1. The molecule has 0 amide bonds. The Hall–Kier alpha value is -0.660. The average molecular weight is 363 g/mol. The first-order valence-electron chi connectivity index (χ1n) is 6.30. The standard InChI is InChI=1S/C13H13BrF2N2OS/c14-8-5-9(15)11(10(16)6-8)17-12-18-13(7-20-12)1-3-19-4-2-13/h5-6H,1-4,7H2,(H,17,18). The molecule has 2 heterocycles. The number of aliphatic imine (C=N–C) groups is 1. The second kappa shape index (κ2) is 5.61. The zero-order valence-corrected chi connectivity index (χ0v) is 13.0. The van der Waals surface area contributed by atoms with Gasteiger partial charge in [0.15, 0.2) is 16.8 Å². The molecule has 1 spiro atoms. The van der Waals surface area contributed by atoms with Crippen LogP contribution in [0.4, 0.5) is 14.5 Å². The van der Waals surface area contributed by atoms with Gasteiger partial charge < -0.3 is 10.1 Å². The zero-order valence-electron chi connectivity index (χ0n) is 10.6. The van der Waals surface area contributed by atoms with E-state index in [2.05, 4.69) is 26.2 Å². The number of hydrogen-bond acceptors (Lipinski definition) is 4. The maximum absolute atomic E-state index is 13.8. The van der Waals surface area contributed by atoms with Crippen molar-refractivity contribution in [2.45, 2.75) is 18.4 Å². The average Bonchev–Trinajstić information content (AvgIpc) is 2.77. The molecule has 0 aromatic heterocycles. The normalized spacial score (nSPS) is 21.1. The first kappa shape index (κ1) is 14.3. The Bertz CT molecular complexity index is 538. The van der Waals surface area contributed by atoms with Crippen molar-refractivity contribution in [3.8, 4) is 0 Å². The molecule has 20 heavy (non-hydrogen) atoms. The van der Waals surface area contributed by atoms with E-state index in [-0.39, 0.29) is 11.2 Å². The largest absolute Gasteiger partial charge is 0.381 e. The monoisotopic (exact) mass is 362 g/mol. The Morgan fingerprint density at radius 3 is 2.55 bits per heavy atom. The Kier molecular flexibility index (Phi) is 4.01. The van der Waals surface area contributed by atoms with Gasteiger partial charge in [0.1, 0.15) is 5.69 Å². The number of amidine groups is 1. The Morgan fingerprint density at radius 1 is 1.25 bits per heavy atom. The first-order valence-corrected chi connectivity index (χ1v) is 8.08. The molecule has 0 aliphatic carbocycles. The molecule has 2 aliphatic rings. The van der Waals surface area contributed by atoms with Crippen molar-refractivity contribution < 1.29 is 13.5 Å². The number of anilines is 1. The molecule has 0 bridgehead atoms. The van der Waals surface area contributed by atoms with Crippen molar-refractivity contribution in [1.29, 1.82) is 0 Å². The molecular weight excluding hydrogens is 350 g/mol. The number of hydrogen-bond donors (Lipinski definition) is 1. The maximum atomic E-state index is 13.8. The molecule has 3 rings (SSSR count). The minimum absolute atomic E-state index is 0.131. The van der Waals surface area contributed by atoms with Crippen LogP contribution in [0.15, 0.2) is 21.6 Å². The SMILES string of the molecule is Fc1cc(Br)cc(F)c1NC1=NC2(CCOCC2)CS1. The fraction of sp³-hybridized carbons (Fsp3) is 0.462. The first-order chi connectivity index (χ1) is 9.58. The molecule has 1 aromatic rings. The molecule has 0 radical (unpaired) electrons. The van der Waals surface area contributed by atoms with Crippen molar-refractivity contribution in [1.82, 2.24) is 0 Å². The predicted octanol–water partition coefficient (Wildman–Crippen LogP) is 3.79. The zero-order chi connectivity index (χ0) is 14.2. The van der Waals surface area contributed by atoms with E-state index in [1.165, 1.54) is 23.9 Å². The lowest BCUT2D eigenvalue weighted by molar-refractivity contribution is 0.0624. The third-order valence-corrected chi connectivity index (χ3v) is 5.08. The fourth-order valence-electron chi connectivity index (χ4n) is 2.32. The molecule has 108 valence electrons. The highest BCUT2D eigenvalue weighted by atomic mass is 79.9. The highest BCUT2D eigenvalue weighted by molar-refractivity contribution is 9.10. The molecule has 0 saturated carbocycles. The van der Waals surface area contributed by atoms with Gasteiger partial charge in [-0.15, -0.1) is 0 Å². The summed E-state index contributed by atoms with van der Waals surface area (Å²) in [5, 5.41) is 3.35. The summed E-state index contributed by atoms with van der Waals surface area (Å²) < 4.78 is 33.3. The number of thioether (sulfide) groups is 1. The summed E-state index contributed by atoms with van der Waals surface area (Å²) in [6.07, 6.45) is 1.72. The Balaban J connectivity index is 1.80. The summed E-state index contributed by atoms with van der Waals surface area (Å²) in [5.74, 6) is -0.431. The molecule has 1 fully saturated rings. The third kappa shape index (κ3) is 2.84. The van der Waals surface area contributed by atoms with E-state index >= 15 is 0 Å². The Labute approximate surface area is 128 Å². The van der Waals surface area contributed by atoms with Crippen LogP contribution in [0.1, 0.15) is 12.8 Å². The van der Waals surface area contributed by atoms with Crippen molar-refractivity contribution in [2.24, 2.45) is 4.99 Å². The van der Waals surface area contributed by atoms with E-state index in [0.717, 1.165) is 18.6 Å². The lowest BCUT2D eigenvalue weighted by Crippen LogP contribution is -2.34. The van der Waals surface area contributed by atoms with Crippen molar-refractivity contribution >= 4 is 38.5 Å². The van der Waals surface area contributed by atoms with Crippen LogP contribution in [-0.4, -0.2) is 29.7 Å². The van der Waals surface area contributed by atoms with Gasteiger partial charge in [-0.3, -0.25) is 4.99 Å². The van der Waals surface area contributed by atoms with Crippen LogP contribution in [-0.2, 0) is 4.74 Å². The van der Waals surface area contributed by atoms with Crippen LogP contribution >= 0.6 is 27.7 Å². The topological polar surface area (TPSA) is 33.6 Å². The number of benzene rings is 1. The summed E-state index contributed by atoms with van der Waals surface area (Å²) in [6.45, 7) is 1.39. The quantitative estimate of drug-likeness (QED) is 0.824. The molecule has 1 saturated heterocycles. The van der Waals surface area contributed by atoms with Crippen LogP contribution in [0.5, 0.6) is 0 Å². The molecule has 7 heteroatoms. The number of nitrogens with one attached hydrogen (secondary N) is 1. The fourth-order valence-corrected chi connectivity index (χ4v) is 3.92. The second-order valence-electron chi connectivity index (χ2n) is 4.91. The van der Waals surface area contributed by atoms with Crippen LogP contribution in [0, 0.1) is 11.6 Å². The molecule has 0 atom stereocenters. The van der Waals surface area contributed by atoms with Crippen molar-refractivity contribution in [3.63, 3.8) is 0 Å². The van der Waals surface area contributed by atoms with Gasteiger partial charge in [-0.05, 0) is 25.0 Å². The maximum Gasteiger partial charge on any atom is 0.161 e. The molecule has 0 unspecified atom stereocenters. The van der Waals surface area contributed by atoms with E-state index in [1.807, 2.05) is 0 Å². The predicted molar refractivity (Wildman–Crippen MR) is 80.4 cm³/mol. The van der Waals surface area contributed by atoms with E-state index in [1.54, 1.807) is 0 Å². The van der Waals surface area contributed by atoms with Gasteiger partial charge in [-0.1, -0.05) is 27.7 Å². The number of ether oxygens (including phenoxy) is 1. The molecule has 1 N–H and O–H groups in total. The summed E-state index contributed by atoms with van der Waals surface area (Å²) in [6, 6.07) is 2.46. The highest BCUT2D eigenvalue weighted by Gasteiger charge is 2.37. The van der Waals surface area contributed by atoms with E-state index in [9.17, 15) is 8.78 Å².